The zero-order valence-electron chi connectivity index (χ0n) is 26.7. The number of carbonyl (C=O) groups excluding carboxylic acids is 5. The topological polar surface area (TPSA) is 115 Å². The molecule has 0 bridgehead atoms. The van der Waals surface area contributed by atoms with Crippen LogP contribution in [0.15, 0.2) is 77.8 Å². The van der Waals surface area contributed by atoms with Gasteiger partial charge in [-0.2, -0.15) is 0 Å². The van der Waals surface area contributed by atoms with E-state index >= 15 is 9.59 Å². The Kier molecular flexibility index (Phi) is 6.94. The molecular formula is C37H33N3O7S. The molecule has 0 N–H and O–H groups in total. The van der Waals surface area contributed by atoms with E-state index in [2.05, 4.69) is 11.8 Å². The molecule has 1 amide bonds. The molecule has 1 aromatic heterocycles. The van der Waals surface area contributed by atoms with Gasteiger partial charge in [0.25, 0.3) is 17.6 Å². The number of thioether (sulfide) groups is 1. The maximum Gasteiger partial charge on any atom is 0.379 e. The molecule has 48 heavy (non-hydrogen) atoms. The van der Waals surface area contributed by atoms with E-state index < -0.39 is 45.9 Å². The standard InChI is InChI=1S/C37H33N3O7S/c1-4-5-19-38-26-17-11-9-15-24(26)36(34(38)44)29(33(43)47-3)37(30-22-13-7-6-12-21(22)18-20-39(30)36)35(45)40-25-16-10-8-14-23(25)27(31(40)48-37)28(41)32(42)46-2/h6-17,29-30H,4-5,18-20H2,1-3H3/t29-,30?,36+,37-/m0/s1. The highest BCUT2D eigenvalue weighted by Gasteiger charge is 2.81. The molecule has 1 fully saturated rings. The lowest BCUT2D eigenvalue weighted by molar-refractivity contribution is -0.153. The number of amides is 1. The molecule has 8 rings (SSSR count). The highest BCUT2D eigenvalue weighted by Crippen LogP contribution is 2.71. The van der Waals surface area contributed by atoms with Crippen LogP contribution in [0, 0.1) is 5.92 Å². The van der Waals surface area contributed by atoms with Crippen molar-refractivity contribution >= 4 is 57.9 Å². The van der Waals surface area contributed by atoms with Gasteiger partial charge in [-0.3, -0.25) is 28.6 Å². The number of carbonyl (C=O) groups is 5. The fourth-order valence-corrected chi connectivity index (χ4v) is 10.6. The summed E-state index contributed by atoms with van der Waals surface area (Å²) in [6.45, 7) is 2.91. The summed E-state index contributed by atoms with van der Waals surface area (Å²) in [6.07, 6.45) is 2.21. The lowest BCUT2D eigenvalue weighted by Crippen LogP contribution is -2.57. The third kappa shape index (κ3) is 3.60. The van der Waals surface area contributed by atoms with Crippen LogP contribution in [0.4, 0.5) is 5.69 Å². The van der Waals surface area contributed by atoms with Gasteiger partial charge >= 0.3 is 11.9 Å². The first-order valence-electron chi connectivity index (χ1n) is 16.1. The summed E-state index contributed by atoms with van der Waals surface area (Å²) in [5, 5.41) is 0.669. The zero-order chi connectivity index (χ0) is 33.5. The van der Waals surface area contributed by atoms with E-state index in [0.717, 1.165) is 42.8 Å². The summed E-state index contributed by atoms with van der Waals surface area (Å²) >= 11 is 1.09. The molecule has 0 saturated carbocycles. The Morgan fingerprint density at radius 2 is 1.65 bits per heavy atom. The molecule has 3 aromatic carbocycles. The third-order valence-electron chi connectivity index (χ3n) is 10.6. The normalized spacial score (nSPS) is 25.4. The fourth-order valence-electron chi connectivity index (χ4n) is 8.73. The SMILES string of the molecule is CCCCN1C(=O)[C@@]2(c3ccccc31)[C@H](C(=O)OC)[C@]1(Sc3c(C(=O)C(=O)OC)c4ccccc4n3C1=O)C1c3ccccc3CCN12. The number of methoxy groups -OCH3 is 2. The minimum absolute atomic E-state index is 0.0376. The summed E-state index contributed by atoms with van der Waals surface area (Å²) in [7, 11) is 2.41. The highest BCUT2D eigenvalue weighted by atomic mass is 32.2. The van der Waals surface area contributed by atoms with Crippen LogP contribution in [0.1, 0.15) is 57.7 Å². The van der Waals surface area contributed by atoms with Gasteiger partial charge in [0, 0.05) is 29.7 Å². The van der Waals surface area contributed by atoms with Gasteiger partial charge in [0.15, 0.2) is 0 Å². The van der Waals surface area contributed by atoms with Crippen LogP contribution in [-0.2, 0) is 35.8 Å². The van der Waals surface area contributed by atoms with Crippen LogP contribution < -0.4 is 4.90 Å². The average molecular weight is 664 g/mol. The van der Waals surface area contributed by atoms with Crippen molar-refractivity contribution in [1.29, 1.82) is 0 Å². The largest absolute Gasteiger partial charge is 0.469 e. The first-order valence-corrected chi connectivity index (χ1v) is 16.9. The second-order valence-corrected chi connectivity index (χ2v) is 13.9. The van der Waals surface area contributed by atoms with Crippen molar-refractivity contribution in [3.8, 4) is 0 Å². The predicted molar refractivity (Wildman–Crippen MR) is 178 cm³/mol. The van der Waals surface area contributed by atoms with E-state index in [1.165, 1.54) is 11.7 Å². The van der Waals surface area contributed by atoms with Crippen molar-refractivity contribution in [3.63, 3.8) is 0 Å². The number of ketones is 1. The Morgan fingerprint density at radius 3 is 2.42 bits per heavy atom. The lowest BCUT2D eigenvalue weighted by Gasteiger charge is -2.42. The zero-order valence-corrected chi connectivity index (χ0v) is 27.5. The van der Waals surface area contributed by atoms with E-state index in [0.29, 0.717) is 41.7 Å². The number of hydrogen-bond donors (Lipinski definition) is 0. The Labute approximate surface area is 281 Å². The van der Waals surface area contributed by atoms with E-state index in [9.17, 15) is 14.4 Å². The van der Waals surface area contributed by atoms with Crippen LogP contribution >= 0.6 is 11.8 Å². The second-order valence-electron chi connectivity index (χ2n) is 12.6. The highest BCUT2D eigenvalue weighted by molar-refractivity contribution is 8.02. The van der Waals surface area contributed by atoms with Gasteiger partial charge in [-0.15, -0.1) is 0 Å². The number of aromatic nitrogens is 1. The molecule has 5 heterocycles. The molecule has 11 heteroatoms. The van der Waals surface area contributed by atoms with Gasteiger partial charge in [-0.25, -0.2) is 4.79 Å². The number of rotatable bonds is 6. The molecule has 1 saturated heterocycles. The van der Waals surface area contributed by atoms with Crippen molar-refractivity contribution in [2.24, 2.45) is 5.92 Å². The summed E-state index contributed by atoms with van der Waals surface area (Å²) in [4.78, 5) is 75.7. The number of ether oxygens (including phenoxy) is 2. The van der Waals surface area contributed by atoms with Crippen LogP contribution in [-0.4, -0.2) is 71.1 Å². The molecule has 0 radical (unpaired) electrons. The average Bonchev–Trinajstić information content (AvgIpc) is 3.77. The first kappa shape index (κ1) is 30.6. The fraction of sp³-hybridized carbons (Fsp3) is 0.324. The van der Waals surface area contributed by atoms with Crippen molar-refractivity contribution < 1.29 is 33.4 Å². The summed E-state index contributed by atoms with van der Waals surface area (Å²) in [6, 6.07) is 21.5. The molecule has 1 unspecified atom stereocenters. The van der Waals surface area contributed by atoms with Gasteiger partial charge in [-0.05, 0) is 36.1 Å². The lowest BCUT2D eigenvalue weighted by atomic mass is 9.73. The second kappa shape index (κ2) is 10.9. The number of fused-ring (bicyclic) bond motifs is 10. The van der Waals surface area contributed by atoms with Crippen LogP contribution in [0.25, 0.3) is 10.9 Å². The van der Waals surface area contributed by atoms with Crippen molar-refractivity contribution in [1.82, 2.24) is 9.47 Å². The molecular weight excluding hydrogens is 630 g/mol. The molecule has 4 aliphatic heterocycles. The van der Waals surface area contributed by atoms with Gasteiger partial charge in [-0.1, -0.05) is 85.8 Å². The Bertz CT molecular complexity index is 2090. The Hall–Kier alpha value is -4.74. The van der Waals surface area contributed by atoms with Crippen LogP contribution in [0.3, 0.4) is 0 Å². The summed E-state index contributed by atoms with van der Waals surface area (Å²) in [5.41, 5.74) is 2.10. The number of unbranched alkanes of at least 4 members (excludes halogenated alkanes) is 1. The van der Waals surface area contributed by atoms with Crippen molar-refractivity contribution in [3.05, 3.63) is 95.1 Å². The monoisotopic (exact) mass is 663 g/mol. The van der Waals surface area contributed by atoms with E-state index in [1.807, 2.05) is 48.5 Å². The minimum Gasteiger partial charge on any atom is -0.469 e. The molecule has 0 aliphatic carbocycles. The third-order valence-corrected chi connectivity index (χ3v) is 12.1. The smallest absolute Gasteiger partial charge is 0.379 e. The minimum atomic E-state index is -1.66. The number of anilines is 1. The molecule has 2 spiro atoms. The molecule has 244 valence electrons. The number of hydrogen-bond acceptors (Lipinski definition) is 9. The summed E-state index contributed by atoms with van der Waals surface area (Å²) in [5.74, 6) is -4.68. The van der Waals surface area contributed by atoms with Gasteiger partial charge in [0.1, 0.15) is 16.2 Å². The molecule has 4 aliphatic rings. The predicted octanol–water partition coefficient (Wildman–Crippen LogP) is 4.93. The van der Waals surface area contributed by atoms with Gasteiger partial charge in [0.2, 0.25) is 0 Å². The maximum atomic E-state index is 15.6. The molecule has 4 aromatic rings. The first-order chi connectivity index (χ1) is 23.3. The Balaban J connectivity index is 1.46. The number of esters is 2. The van der Waals surface area contributed by atoms with Crippen LogP contribution in [0.2, 0.25) is 0 Å². The van der Waals surface area contributed by atoms with Crippen molar-refractivity contribution in [2.45, 2.75) is 47.5 Å². The van der Waals surface area contributed by atoms with Crippen LogP contribution in [0.5, 0.6) is 0 Å². The number of para-hydroxylation sites is 2. The molecule has 4 atom stereocenters. The van der Waals surface area contributed by atoms with Gasteiger partial charge < -0.3 is 14.4 Å². The Morgan fingerprint density at radius 1 is 0.917 bits per heavy atom. The summed E-state index contributed by atoms with van der Waals surface area (Å²) < 4.78 is 10.2. The molecule has 10 nitrogen and oxygen atoms in total. The van der Waals surface area contributed by atoms with E-state index in [4.69, 9.17) is 9.47 Å². The quantitative estimate of drug-likeness (QED) is 0.161. The van der Waals surface area contributed by atoms with Crippen molar-refractivity contribution in [2.75, 3.05) is 32.2 Å². The number of nitrogens with zero attached hydrogens (tertiary/aromatic N) is 3. The maximum absolute atomic E-state index is 15.6. The van der Waals surface area contributed by atoms with E-state index in [-0.39, 0.29) is 16.5 Å². The number of benzene rings is 3. The van der Waals surface area contributed by atoms with Gasteiger partial charge in [0.05, 0.1) is 36.4 Å². The number of Topliss-reactive ketones (excluding diaryl/α,β-unsaturated/α-hetero) is 1. The van der Waals surface area contributed by atoms with E-state index in [1.54, 1.807) is 29.2 Å².